The van der Waals surface area contributed by atoms with Crippen LogP contribution in [0.1, 0.15) is 73.0 Å². The highest BCUT2D eigenvalue weighted by Gasteiger charge is 2.39. The summed E-state index contributed by atoms with van der Waals surface area (Å²) in [5.41, 5.74) is -2.05. The Morgan fingerprint density at radius 3 is 2.53 bits per heavy atom. The van der Waals surface area contributed by atoms with Crippen molar-refractivity contribution in [3.8, 4) is 5.75 Å². The Morgan fingerprint density at radius 2 is 1.88 bits per heavy atom. The zero-order valence-corrected chi connectivity index (χ0v) is 17.6. The van der Waals surface area contributed by atoms with Crippen molar-refractivity contribution in [3.05, 3.63) is 57.5 Å². The van der Waals surface area contributed by atoms with Gasteiger partial charge in [0, 0.05) is 11.5 Å². The lowest BCUT2D eigenvalue weighted by atomic mass is 9.78. The number of rotatable bonds is 5. The van der Waals surface area contributed by atoms with Crippen LogP contribution in [0.25, 0.3) is 0 Å². The minimum absolute atomic E-state index is 0.0224. The summed E-state index contributed by atoms with van der Waals surface area (Å²) in [6.07, 6.45) is 3.35. The highest BCUT2D eigenvalue weighted by molar-refractivity contribution is 5.92. The molecule has 2 aromatic rings. The van der Waals surface area contributed by atoms with E-state index < -0.39 is 39.9 Å². The Morgan fingerprint density at radius 1 is 1.19 bits per heavy atom. The molecule has 0 unspecified atom stereocenters. The van der Waals surface area contributed by atoms with Crippen molar-refractivity contribution in [2.75, 3.05) is 0 Å². The van der Waals surface area contributed by atoms with Crippen LogP contribution in [0.5, 0.6) is 5.75 Å². The van der Waals surface area contributed by atoms with Gasteiger partial charge in [0.25, 0.3) is 11.3 Å². The number of hydrogen-bond acceptors (Lipinski definition) is 4. The molecule has 0 saturated heterocycles. The number of amides is 1. The maximum absolute atomic E-state index is 13.3. The zero-order chi connectivity index (χ0) is 22.9. The van der Waals surface area contributed by atoms with Crippen molar-refractivity contribution in [2.24, 2.45) is 0 Å². The van der Waals surface area contributed by atoms with Crippen molar-refractivity contribution in [2.45, 2.75) is 75.5 Å². The van der Waals surface area contributed by atoms with E-state index in [4.69, 9.17) is 0 Å². The first-order chi connectivity index (χ1) is 15.2. The topological polar surface area (TPSA) is 84.2 Å². The van der Waals surface area contributed by atoms with Crippen LogP contribution in [0.3, 0.4) is 0 Å². The number of nitrogens with zero attached hydrogens (tertiary/aromatic N) is 2. The van der Waals surface area contributed by atoms with E-state index >= 15 is 0 Å². The van der Waals surface area contributed by atoms with Crippen molar-refractivity contribution < 1.29 is 23.1 Å². The van der Waals surface area contributed by atoms with Crippen molar-refractivity contribution in [1.29, 1.82) is 0 Å². The Labute approximate surface area is 183 Å². The van der Waals surface area contributed by atoms with E-state index in [1.807, 2.05) is 0 Å². The maximum atomic E-state index is 13.3. The predicted molar refractivity (Wildman–Crippen MR) is 111 cm³/mol. The molecule has 0 spiro atoms. The SMILES string of the molecule is O=C(NC1CCCC1)c1nn(CC2(c3cccc(C(F)(F)F)c3)CCCC2)cc(O)c1=O. The molecule has 2 saturated carbocycles. The minimum Gasteiger partial charge on any atom is -0.503 e. The molecule has 2 fully saturated rings. The number of aromatic nitrogens is 2. The van der Waals surface area contributed by atoms with Gasteiger partial charge in [-0.1, -0.05) is 43.9 Å². The first kappa shape index (κ1) is 22.4. The summed E-state index contributed by atoms with van der Waals surface area (Å²) in [6.45, 7) is 0.159. The number of halogens is 3. The van der Waals surface area contributed by atoms with Crippen molar-refractivity contribution in [3.63, 3.8) is 0 Å². The summed E-state index contributed by atoms with van der Waals surface area (Å²) in [6, 6.07) is 5.26. The summed E-state index contributed by atoms with van der Waals surface area (Å²) in [4.78, 5) is 25.0. The fourth-order valence-corrected chi connectivity index (χ4v) is 5.00. The summed E-state index contributed by atoms with van der Waals surface area (Å²) in [7, 11) is 0. The molecule has 9 heteroatoms. The first-order valence-corrected chi connectivity index (χ1v) is 11.0. The summed E-state index contributed by atoms with van der Waals surface area (Å²) < 4.78 is 41.2. The van der Waals surface area contributed by atoms with E-state index in [1.54, 1.807) is 6.07 Å². The maximum Gasteiger partial charge on any atom is 0.416 e. The third-order valence-electron chi connectivity index (χ3n) is 6.68. The molecule has 32 heavy (non-hydrogen) atoms. The summed E-state index contributed by atoms with van der Waals surface area (Å²) in [5.74, 6) is -1.24. The third-order valence-corrected chi connectivity index (χ3v) is 6.68. The largest absolute Gasteiger partial charge is 0.503 e. The van der Waals surface area contributed by atoms with Gasteiger partial charge in [-0.2, -0.15) is 18.3 Å². The van der Waals surface area contributed by atoms with Crippen molar-refractivity contribution >= 4 is 5.91 Å². The van der Waals surface area contributed by atoms with E-state index in [9.17, 15) is 27.9 Å². The number of hydrogen-bond donors (Lipinski definition) is 2. The standard InChI is InChI=1S/C23H26F3N3O3/c24-23(25,26)16-7-5-6-15(12-16)22(10-3-4-11-22)14-29-13-18(30)20(31)19(28-29)21(32)27-17-8-1-2-9-17/h5-7,12-13,17,30H,1-4,8-11,14H2,(H,27,32). The molecule has 0 aliphatic heterocycles. The van der Waals surface area contributed by atoms with E-state index in [-0.39, 0.29) is 12.6 Å². The van der Waals surface area contributed by atoms with Gasteiger partial charge in [0.05, 0.1) is 18.3 Å². The van der Waals surface area contributed by atoms with Gasteiger partial charge >= 0.3 is 6.18 Å². The molecule has 0 bridgehead atoms. The second-order valence-corrected chi connectivity index (χ2v) is 8.91. The molecule has 2 aliphatic carbocycles. The van der Waals surface area contributed by atoms with Gasteiger partial charge in [0.1, 0.15) is 0 Å². The van der Waals surface area contributed by atoms with Gasteiger partial charge in [0.2, 0.25) is 0 Å². The quantitative estimate of drug-likeness (QED) is 0.718. The van der Waals surface area contributed by atoms with E-state index in [0.717, 1.165) is 50.8 Å². The van der Waals surface area contributed by atoms with E-state index in [0.29, 0.717) is 18.4 Å². The van der Waals surface area contributed by atoms with Crippen LogP contribution in [0.4, 0.5) is 13.2 Å². The highest BCUT2D eigenvalue weighted by atomic mass is 19.4. The average Bonchev–Trinajstić information content (AvgIpc) is 3.43. The Bertz CT molecular complexity index is 1050. The molecule has 1 amide bonds. The van der Waals surface area contributed by atoms with Crippen LogP contribution in [0, 0.1) is 0 Å². The molecule has 0 radical (unpaired) electrons. The molecule has 2 N–H and O–H groups in total. The smallest absolute Gasteiger partial charge is 0.416 e. The lowest BCUT2D eigenvalue weighted by Gasteiger charge is -2.31. The van der Waals surface area contributed by atoms with Crippen LogP contribution in [0.2, 0.25) is 0 Å². The van der Waals surface area contributed by atoms with Crippen LogP contribution in [-0.4, -0.2) is 26.8 Å². The Kier molecular flexibility index (Phi) is 6.01. The molecule has 4 rings (SSSR count). The van der Waals surface area contributed by atoms with Gasteiger partial charge in [-0.25, -0.2) is 0 Å². The number of nitrogens with one attached hydrogen (secondary N) is 1. The predicted octanol–water partition coefficient (Wildman–Crippen LogP) is 4.15. The molecule has 1 heterocycles. The lowest BCUT2D eigenvalue weighted by Crippen LogP contribution is -2.38. The molecule has 1 aromatic heterocycles. The fraction of sp³-hybridized carbons (Fsp3) is 0.522. The lowest BCUT2D eigenvalue weighted by molar-refractivity contribution is -0.137. The Hall–Kier alpha value is -2.84. The molecule has 1 aromatic carbocycles. The monoisotopic (exact) mass is 449 g/mol. The number of carbonyl (C=O) groups is 1. The van der Waals surface area contributed by atoms with E-state index in [1.165, 1.54) is 16.8 Å². The van der Waals surface area contributed by atoms with Crippen LogP contribution in [0.15, 0.2) is 35.3 Å². The van der Waals surface area contributed by atoms with Crippen LogP contribution in [-0.2, 0) is 18.1 Å². The number of benzene rings is 1. The summed E-state index contributed by atoms with van der Waals surface area (Å²) in [5, 5.41) is 17.2. The second-order valence-electron chi connectivity index (χ2n) is 8.91. The van der Waals surface area contributed by atoms with Crippen LogP contribution >= 0.6 is 0 Å². The molecule has 172 valence electrons. The normalized spacial score (nSPS) is 18.7. The van der Waals surface area contributed by atoms with Gasteiger partial charge in [-0.15, -0.1) is 0 Å². The van der Waals surface area contributed by atoms with Gasteiger partial charge in [-0.3, -0.25) is 14.3 Å². The number of carbonyl (C=O) groups excluding carboxylic acids is 1. The molecule has 2 aliphatic rings. The molecule has 0 atom stereocenters. The number of aromatic hydroxyl groups is 1. The van der Waals surface area contributed by atoms with Gasteiger partial charge < -0.3 is 10.4 Å². The average molecular weight is 449 g/mol. The summed E-state index contributed by atoms with van der Waals surface area (Å²) >= 11 is 0. The molecular formula is C23H26F3N3O3. The molecule has 6 nitrogen and oxygen atoms in total. The second kappa shape index (κ2) is 8.60. The first-order valence-electron chi connectivity index (χ1n) is 11.0. The minimum atomic E-state index is -4.45. The van der Waals surface area contributed by atoms with Crippen LogP contribution < -0.4 is 10.7 Å². The fourth-order valence-electron chi connectivity index (χ4n) is 5.00. The van der Waals surface area contributed by atoms with Gasteiger partial charge in [0.15, 0.2) is 11.4 Å². The number of alkyl halides is 3. The third kappa shape index (κ3) is 4.52. The zero-order valence-electron chi connectivity index (χ0n) is 17.6. The van der Waals surface area contributed by atoms with Gasteiger partial charge in [-0.05, 0) is 37.3 Å². The molecular weight excluding hydrogens is 423 g/mol. The van der Waals surface area contributed by atoms with Crippen molar-refractivity contribution in [1.82, 2.24) is 15.1 Å². The van der Waals surface area contributed by atoms with E-state index in [2.05, 4.69) is 10.4 Å². The highest BCUT2D eigenvalue weighted by Crippen LogP contribution is 2.44. The Balaban J connectivity index is 1.66.